The molecule has 0 aliphatic heterocycles. The van der Waals surface area contributed by atoms with E-state index in [4.69, 9.17) is 4.52 Å². The molecule has 0 saturated heterocycles. The lowest BCUT2D eigenvalue weighted by Gasteiger charge is -2.12. The van der Waals surface area contributed by atoms with E-state index in [0.717, 1.165) is 0 Å². The molecule has 0 rings (SSSR count). The molecule has 0 heterocycles. The van der Waals surface area contributed by atoms with E-state index in [1.54, 1.807) is 0 Å². The van der Waals surface area contributed by atoms with Gasteiger partial charge in [-0.1, -0.05) is 13.8 Å². The molecule has 0 fully saturated rings. The highest BCUT2D eigenvalue weighted by Crippen LogP contribution is 2.44. The first-order valence-electron chi connectivity index (χ1n) is 3.70. The van der Waals surface area contributed by atoms with Crippen molar-refractivity contribution in [1.82, 2.24) is 0 Å². The SMILES string of the molecule is COC(=O)[P@](C)(=O)OCC(C)C. The highest BCUT2D eigenvalue weighted by Gasteiger charge is 2.28. The largest absolute Gasteiger partial charge is 0.462 e. The van der Waals surface area contributed by atoms with Gasteiger partial charge in [0, 0.05) is 6.66 Å². The van der Waals surface area contributed by atoms with Crippen LogP contribution in [0.3, 0.4) is 0 Å². The van der Waals surface area contributed by atoms with E-state index in [0.29, 0.717) is 6.61 Å². The maximum absolute atomic E-state index is 11.4. The Hall–Kier alpha value is -0.340. The first kappa shape index (κ1) is 11.7. The van der Waals surface area contributed by atoms with Crippen LogP contribution in [0.2, 0.25) is 0 Å². The first-order chi connectivity index (χ1) is 5.40. The summed E-state index contributed by atoms with van der Waals surface area (Å²) in [7, 11) is -2.01. The van der Waals surface area contributed by atoms with Gasteiger partial charge in [0.1, 0.15) is 0 Å². The molecule has 0 saturated carbocycles. The minimum absolute atomic E-state index is 0.253. The van der Waals surface area contributed by atoms with Crippen molar-refractivity contribution in [1.29, 1.82) is 0 Å². The van der Waals surface area contributed by atoms with E-state index >= 15 is 0 Å². The third-order valence-corrected chi connectivity index (χ3v) is 2.65. The molecule has 5 heteroatoms. The van der Waals surface area contributed by atoms with Crippen LogP contribution in [0.15, 0.2) is 0 Å². The maximum atomic E-state index is 11.4. The summed E-state index contributed by atoms with van der Waals surface area (Å²) in [4.78, 5) is 10.8. The maximum Gasteiger partial charge on any atom is 0.390 e. The molecule has 0 N–H and O–H groups in total. The monoisotopic (exact) mass is 194 g/mol. The molecular formula is C7H15O4P. The standard InChI is InChI=1S/C7H15O4P/c1-6(2)5-11-12(4,9)7(8)10-3/h6H,5H2,1-4H3/t12-/m1/s1. The lowest BCUT2D eigenvalue weighted by Crippen LogP contribution is -2.06. The highest BCUT2D eigenvalue weighted by atomic mass is 31.2. The number of rotatable bonds is 4. The Morgan fingerprint density at radius 1 is 1.50 bits per heavy atom. The number of carbonyl (C=O) groups excluding carboxylic acids is 1. The van der Waals surface area contributed by atoms with Gasteiger partial charge in [0.2, 0.25) is 0 Å². The van der Waals surface area contributed by atoms with Gasteiger partial charge in [0.15, 0.2) is 0 Å². The Labute approximate surface area is 72.7 Å². The average Bonchev–Trinajstić information content (AvgIpc) is 1.99. The second-order valence-corrected chi connectivity index (χ2v) is 5.32. The quantitative estimate of drug-likeness (QED) is 0.644. The van der Waals surface area contributed by atoms with Crippen LogP contribution in [0.4, 0.5) is 4.79 Å². The van der Waals surface area contributed by atoms with Crippen molar-refractivity contribution in [2.45, 2.75) is 13.8 Å². The summed E-state index contributed by atoms with van der Waals surface area (Å²) in [6.45, 7) is 5.40. The molecule has 0 aliphatic carbocycles. The van der Waals surface area contributed by atoms with E-state index in [9.17, 15) is 9.36 Å². The molecule has 0 aromatic heterocycles. The summed E-state index contributed by atoms with van der Waals surface area (Å²) >= 11 is 0. The van der Waals surface area contributed by atoms with Crippen molar-refractivity contribution >= 4 is 13.1 Å². The van der Waals surface area contributed by atoms with Gasteiger partial charge >= 0.3 is 13.1 Å². The average molecular weight is 194 g/mol. The lowest BCUT2D eigenvalue weighted by atomic mass is 10.2. The third-order valence-electron chi connectivity index (χ3n) is 1.16. The topological polar surface area (TPSA) is 52.6 Å². The molecule has 0 amide bonds. The highest BCUT2D eigenvalue weighted by molar-refractivity contribution is 7.74. The van der Waals surface area contributed by atoms with E-state index in [-0.39, 0.29) is 5.92 Å². The summed E-state index contributed by atoms with van der Waals surface area (Å²) in [5, 5.41) is 0. The van der Waals surface area contributed by atoms with Gasteiger partial charge in [0.25, 0.3) is 0 Å². The number of hydrogen-bond acceptors (Lipinski definition) is 4. The van der Waals surface area contributed by atoms with E-state index < -0.39 is 13.1 Å². The first-order valence-corrected chi connectivity index (χ1v) is 5.78. The van der Waals surface area contributed by atoms with Crippen LogP contribution in [-0.4, -0.2) is 26.1 Å². The number of hydrogen-bond donors (Lipinski definition) is 0. The molecule has 0 unspecified atom stereocenters. The van der Waals surface area contributed by atoms with Crippen LogP contribution in [0, 0.1) is 5.92 Å². The molecule has 1 atom stereocenters. The van der Waals surface area contributed by atoms with Crippen molar-refractivity contribution in [3.63, 3.8) is 0 Å². The predicted molar refractivity (Wildman–Crippen MR) is 46.7 cm³/mol. The molecular weight excluding hydrogens is 179 g/mol. The van der Waals surface area contributed by atoms with Crippen molar-refractivity contribution in [2.24, 2.45) is 5.92 Å². The molecule has 0 radical (unpaired) electrons. The Morgan fingerprint density at radius 2 is 2.00 bits per heavy atom. The van der Waals surface area contributed by atoms with E-state index in [2.05, 4.69) is 4.74 Å². The molecule has 4 nitrogen and oxygen atoms in total. The van der Waals surface area contributed by atoms with Gasteiger partial charge in [-0.05, 0) is 5.92 Å². The molecule has 0 aliphatic rings. The molecule has 72 valence electrons. The van der Waals surface area contributed by atoms with Crippen LogP contribution < -0.4 is 0 Å². The normalized spacial score (nSPS) is 15.8. The molecule has 0 bridgehead atoms. The Bertz CT molecular complexity index is 200. The van der Waals surface area contributed by atoms with Gasteiger partial charge in [-0.2, -0.15) is 0 Å². The zero-order valence-electron chi connectivity index (χ0n) is 7.86. The fourth-order valence-electron chi connectivity index (χ4n) is 0.510. The van der Waals surface area contributed by atoms with E-state index in [1.807, 2.05) is 13.8 Å². The third kappa shape index (κ3) is 3.88. The molecule has 12 heavy (non-hydrogen) atoms. The van der Waals surface area contributed by atoms with Gasteiger partial charge in [0.05, 0.1) is 13.7 Å². The zero-order chi connectivity index (χ0) is 9.78. The number of methoxy groups -OCH3 is 1. The summed E-state index contributed by atoms with van der Waals surface area (Å²) in [5.41, 5.74) is -0.775. The Morgan fingerprint density at radius 3 is 2.33 bits per heavy atom. The second-order valence-electron chi connectivity index (χ2n) is 3.01. The smallest absolute Gasteiger partial charge is 0.390 e. The van der Waals surface area contributed by atoms with Crippen LogP contribution >= 0.6 is 7.37 Å². The molecule has 0 aromatic carbocycles. The Kier molecular flexibility index (Phi) is 4.50. The summed E-state index contributed by atoms with van der Waals surface area (Å²) in [5.74, 6) is 0.253. The van der Waals surface area contributed by atoms with E-state index in [1.165, 1.54) is 13.8 Å². The van der Waals surface area contributed by atoms with Crippen LogP contribution in [0.25, 0.3) is 0 Å². The van der Waals surface area contributed by atoms with Crippen molar-refractivity contribution in [3.05, 3.63) is 0 Å². The molecule has 0 spiro atoms. The fourth-order valence-corrected chi connectivity index (χ4v) is 1.53. The number of carbonyl (C=O) groups is 1. The zero-order valence-corrected chi connectivity index (χ0v) is 8.76. The lowest BCUT2D eigenvalue weighted by molar-refractivity contribution is 0.186. The summed E-state index contributed by atoms with van der Waals surface area (Å²) < 4.78 is 20.6. The fraction of sp³-hybridized carbons (Fsp3) is 0.857. The Balaban J connectivity index is 4.05. The second kappa shape index (κ2) is 4.63. The predicted octanol–water partition coefficient (Wildman–Crippen LogP) is 2.33. The minimum atomic E-state index is -3.20. The van der Waals surface area contributed by atoms with Crippen LogP contribution in [0.5, 0.6) is 0 Å². The van der Waals surface area contributed by atoms with Crippen LogP contribution in [0.1, 0.15) is 13.8 Å². The summed E-state index contributed by atoms with van der Waals surface area (Å²) in [6.07, 6.45) is 0. The summed E-state index contributed by atoms with van der Waals surface area (Å²) in [6, 6.07) is 0. The molecule has 0 aromatic rings. The van der Waals surface area contributed by atoms with Gasteiger partial charge in [-0.15, -0.1) is 0 Å². The van der Waals surface area contributed by atoms with Crippen molar-refractivity contribution in [2.75, 3.05) is 20.4 Å². The van der Waals surface area contributed by atoms with Gasteiger partial charge < -0.3 is 9.26 Å². The van der Waals surface area contributed by atoms with Crippen molar-refractivity contribution in [3.8, 4) is 0 Å². The van der Waals surface area contributed by atoms with Crippen LogP contribution in [-0.2, 0) is 13.8 Å². The van der Waals surface area contributed by atoms with Gasteiger partial charge in [-0.3, -0.25) is 4.57 Å². The van der Waals surface area contributed by atoms with Crippen molar-refractivity contribution < 1.29 is 18.6 Å². The minimum Gasteiger partial charge on any atom is -0.462 e. The number of ether oxygens (including phenoxy) is 1. The van der Waals surface area contributed by atoms with Gasteiger partial charge in [-0.25, -0.2) is 4.79 Å².